The largest absolute Gasteiger partial charge is 0.343 e. The summed E-state index contributed by atoms with van der Waals surface area (Å²) in [6.07, 6.45) is 3.58. The van der Waals surface area contributed by atoms with Crippen molar-refractivity contribution in [1.82, 2.24) is 30.0 Å². The van der Waals surface area contributed by atoms with Crippen LogP contribution in [0.5, 0.6) is 0 Å². The lowest BCUT2D eigenvalue weighted by Crippen LogP contribution is -2.35. The summed E-state index contributed by atoms with van der Waals surface area (Å²) in [7, 11) is 0. The van der Waals surface area contributed by atoms with Gasteiger partial charge in [0.05, 0.1) is 40.2 Å². The molecule has 0 aliphatic heterocycles. The number of H-pyrrole nitrogens is 1. The van der Waals surface area contributed by atoms with Crippen molar-refractivity contribution in [1.29, 1.82) is 0 Å². The smallest absolute Gasteiger partial charge is 0.289 e. The molecule has 8 heteroatoms. The second-order valence-corrected chi connectivity index (χ2v) is 12.9. The van der Waals surface area contributed by atoms with Crippen molar-refractivity contribution in [2.24, 2.45) is 0 Å². The molecule has 0 radical (unpaired) electrons. The minimum Gasteiger partial charge on any atom is -0.343 e. The van der Waals surface area contributed by atoms with Gasteiger partial charge >= 0.3 is 0 Å². The Labute approximate surface area is 294 Å². The molecule has 0 bridgehead atoms. The van der Waals surface area contributed by atoms with Crippen molar-refractivity contribution >= 4 is 39.4 Å². The number of hydrogen-bond donors (Lipinski definition) is 2. The summed E-state index contributed by atoms with van der Waals surface area (Å²) < 4.78 is 2.20. The Bertz CT molecular complexity index is 2330. The van der Waals surface area contributed by atoms with Crippen LogP contribution in [-0.4, -0.2) is 30.6 Å². The standard InChI is InChI=1S/C42H33ClN6O/c1-28(30-12-11-19-34(43)24-30)45-41(50)40-46-36-25-35-38(26-37(36)47-40)49(48-39(35)29-20-22-44-23-21-29)27-42(31-13-5-2-6-14-31,32-15-7-3-8-16-32)33-17-9-4-10-18-33/h2-26,28,48H,27H2,1H3,(H,45,50). The highest BCUT2D eigenvalue weighted by Gasteiger charge is 2.37. The average Bonchev–Trinajstić information content (AvgIpc) is 3.75. The molecule has 0 saturated heterocycles. The number of pyridine rings is 1. The van der Waals surface area contributed by atoms with Crippen LogP contribution >= 0.6 is 11.6 Å². The molecule has 3 aromatic heterocycles. The molecule has 0 spiro atoms. The Balaban J connectivity index is 1.29. The number of halogens is 1. The van der Waals surface area contributed by atoms with E-state index in [1.807, 2.05) is 55.5 Å². The molecule has 3 heterocycles. The molecule has 7 nitrogen and oxygen atoms in total. The molecular formula is C42H33ClN6O. The minimum atomic E-state index is -0.560. The Morgan fingerprint density at radius 1 is 0.760 bits per heavy atom. The number of carbonyl (C=O) groups is 1. The van der Waals surface area contributed by atoms with E-state index in [0.717, 1.165) is 27.7 Å². The van der Waals surface area contributed by atoms with E-state index in [4.69, 9.17) is 21.6 Å². The number of hydrogen-bond acceptors (Lipinski definition) is 4. The van der Waals surface area contributed by atoms with Gasteiger partial charge in [-0.25, -0.2) is 9.97 Å². The fourth-order valence-electron chi connectivity index (χ4n) is 6.94. The van der Waals surface area contributed by atoms with Gasteiger partial charge < -0.3 is 5.32 Å². The maximum Gasteiger partial charge on any atom is 0.289 e. The van der Waals surface area contributed by atoms with Gasteiger partial charge in [0.1, 0.15) is 0 Å². The quantitative estimate of drug-likeness (QED) is 0.150. The Morgan fingerprint density at radius 2 is 1.34 bits per heavy atom. The summed E-state index contributed by atoms with van der Waals surface area (Å²) >= 11 is 6.21. The zero-order valence-corrected chi connectivity index (χ0v) is 28.0. The number of carbonyl (C=O) groups excluding carboxylic acids is 1. The van der Waals surface area contributed by atoms with Crippen LogP contribution in [-0.2, 0) is 12.0 Å². The van der Waals surface area contributed by atoms with Gasteiger partial charge in [-0.1, -0.05) is 115 Å². The van der Waals surface area contributed by atoms with Crippen LogP contribution in [0.3, 0.4) is 0 Å². The SMILES string of the molecule is CC(NC(=O)c1nc2cc3c(-c4ccncc4)[nH]n(CC(c4ccccc4)(c4ccccc4)c4ccccc4)c3cc2n1)c1cccc(Cl)c1. The van der Waals surface area contributed by atoms with E-state index in [9.17, 15) is 4.79 Å². The van der Waals surface area contributed by atoms with Crippen molar-refractivity contribution in [2.75, 3.05) is 0 Å². The molecule has 0 aliphatic rings. The summed E-state index contributed by atoms with van der Waals surface area (Å²) in [4.78, 5) is 27.1. The fraction of sp³-hybridized carbons (Fsp3) is 0.0952. The third kappa shape index (κ3) is 5.71. The number of aromatic nitrogens is 5. The average molecular weight is 673 g/mol. The first-order valence-corrected chi connectivity index (χ1v) is 16.9. The van der Waals surface area contributed by atoms with Crippen molar-refractivity contribution in [3.8, 4) is 11.3 Å². The molecule has 8 aromatic rings. The summed E-state index contributed by atoms with van der Waals surface area (Å²) in [6.45, 7) is 2.47. The van der Waals surface area contributed by atoms with E-state index >= 15 is 0 Å². The van der Waals surface area contributed by atoms with Crippen molar-refractivity contribution in [3.05, 3.63) is 185 Å². The lowest BCUT2D eigenvalue weighted by atomic mass is 9.69. The van der Waals surface area contributed by atoms with Crippen LogP contribution in [0.25, 0.3) is 33.2 Å². The molecule has 1 amide bonds. The number of rotatable bonds is 9. The first-order chi connectivity index (χ1) is 24.5. The minimum absolute atomic E-state index is 0.120. The maximum atomic E-state index is 13.4. The van der Waals surface area contributed by atoms with Gasteiger partial charge in [-0.15, -0.1) is 0 Å². The van der Waals surface area contributed by atoms with E-state index in [2.05, 4.69) is 111 Å². The molecule has 5 aromatic carbocycles. The van der Waals surface area contributed by atoms with Crippen LogP contribution in [0.2, 0.25) is 5.02 Å². The highest BCUT2D eigenvalue weighted by molar-refractivity contribution is 6.30. The normalized spacial score (nSPS) is 12.3. The van der Waals surface area contributed by atoms with Crippen LogP contribution in [0.4, 0.5) is 0 Å². The van der Waals surface area contributed by atoms with Gasteiger partial charge in [0.15, 0.2) is 0 Å². The number of nitrogens with one attached hydrogen (secondary N) is 2. The number of fused-ring (bicyclic) bond motifs is 2. The molecule has 244 valence electrons. The Morgan fingerprint density at radius 3 is 1.92 bits per heavy atom. The first kappa shape index (κ1) is 31.2. The molecule has 2 N–H and O–H groups in total. The van der Waals surface area contributed by atoms with Gasteiger partial charge in [-0.05, 0) is 65.6 Å². The van der Waals surface area contributed by atoms with Gasteiger partial charge in [-0.2, -0.15) is 0 Å². The van der Waals surface area contributed by atoms with Gasteiger partial charge in [0.25, 0.3) is 5.91 Å². The summed E-state index contributed by atoms with van der Waals surface area (Å²) in [5, 5.41) is 8.37. The number of benzene rings is 5. The van der Waals surface area contributed by atoms with E-state index in [1.54, 1.807) is 12.4 Å². The third-order valence-electron chi connectivity index (χ3n) is 9.42. The summed E-state index contributed by atoms with van der Waals surface area (Å²) in [6, 6.07) is 47.1. The Kier molecular flexibility index (Phi) is 8.18. The number of amides is 1. The number of nitrogens with zero attached hydrogens (tertiary/aromatic N) is 4. The molecule has 1 atom stereocenters. The van der Waals surface area contributed by atoms with Crippen LogP contribution in [0, 0.1) is 0 Å². The van der Waals surface area contributed by atoms with E-state index in [-0.39, 0.29) is 17.8 Å². The molecule has 8 rings (SSSR count). The van der Waals surface area contributed by atoms with Gasteiger partial charge in [0.2, 0.25) is 5.82 Å². The number of aromatic amines is 1. The van der Waals surface area contributed by atoms with Crippen LogP contribution < -0.4 is 5.32 Å². The van der Waals surface area contributed by atoms with E-state index in [1.165, 1.54) is 16.7 Å². The van der Waals surface area contributed by atoms with Gasteiger partial charge in [-0.3, -0.25) is 19.6 Å². The fourth-order valence-corrected chi connectivity index (χ4v) is 7.14. The van der Waals surface area contributed by atoms with Crippen LogP contribution in [0.15, 0.2) is 152 Å². The molecule has 1 unspecified atom stereocenters. The van der Waals surface area contributed by atoms with E-state index in [0.29, 0.717) is 22.6 Å². The second-order valence-electron chi connectivity index (χ2n) is 12.5. The molecule has 50 heavy (non-hydrogen) atoms. The summed E-state index contributed by atoms with van der Waals surface area (Å²) in [5.41, 5.74) is 7.97. The second kappa shape index (κ2) is 13.1. The lowest BCUT2D eigenvalue weighted by molar-refractivity contribution is 0.0930. The van der Waals surface area contributed by atoms with E-state index < -0.39 is 5.41 Å². The predicted octanol–water partition coefficient (Wildman–Crippen LogP) is 9.15. The van der Waals surface area contributed by atoms with Crippen molar-refractivity contribution in [2.45, 2.75) is 24.9 Å². The zero-order chi connectivity index (χ0) is 34.1. The molecular weight excluding hydrogens is 640 g/mol. The van der Waals surface area contributed by atoms with Crippen molar-refractivity contribution < 1.29 is 4.79 Å². The Hall–Kier alpha value is -6.05. The zero-order valence-electron chi connectivity index (χ0n) is 27.3. The molecule has 0 fully saturated rings. The monoisotopic (exact) mass is 672 g/mol. The van der Waals surface area contributed by atoms with Crippen molar-refractivity contribution in [3.63, 3.8) is 0 Å². The highest BCUT2D eigenvalue weighted by atomic mass is 35.5. The third-order valence-corrected chi connectivity index (χ3v) is 9.65. The highest BCUT2D eigenvalue weighted by Crippen LogP contribution is 2.42. The van der Waals surface area contributed by atoms with Crippen LogP contribution in [0.1, 0.15) is 45.8 Å². The lowest BCUT2D eigenvalue weighted by Gasteiger charge is -2.36. The number of imidazole rings is 1. The molecule has 0 aliphatic carbocycles. The predicted molar refractivity (Wildman–Crippen MR) is 199 cm³/mol. The first-order valence-electron chi connectivity index (χ1n) is 16.5. The van der Waals surface area contributed by atoms with Gasteiger partial charge in [0, 0.05) is 28.4 Å². The maximum absolute atomic E-state index is 13.4. The summed E-state index contributed by atoms with van der Waals surface area (Å²) in [5.74, 6) is -0.229. The molecule has 0 saturated carbocycles. The topological polar surface area (TPSA) is 88.5 Å².